The van der Waals surface area contributed by atoms with Crippen LogP contribution in [-0.4, -0.2) is 22.6 Å². The maximum absolute atomic E-state index is 12.8. The molecule has 134 valence electrons. The number of hydrogen-bond donors (Lipinski definition) is 0. The summed E-state index contributed by atoms with van der Waals surface area (Å²) in [6.45, 7) is 1.99. The third-order valence-corrected chi connectivity index (χ3v) is 5.82. The number of benzene rings is 3. The maximum Gasteiger partial charge on any atom is 0.284 e. The van der Waals surface area contributed by atoms with Crippen molar-refractivity contribution in [2.45, 2.75) is 11.8 Å². The van der Waals surface area contributed by atoms with Gasteiger partial charge in [-0.05, 0) is 30.2 Å². The standard InChI is InChI=1S/C21H17N3O2S/c1-16-7-9-19(10-8-16)21-22-15-24(23-21)27(25,26)20-13-11-18(12-14-20)17-5-3-2-4-6-17/h2-15H,1H3. The van der Waals surface area contributed by atoms with Crippen molar-refractivity contribution in [2.75, 3.05) is 0 Å². The van der Waals surface area contributed by atoms with E-state index in [0.29, 0.717) is 5.82 Å². The average molecular weight is 375 g/mol. The molecule has 0 spiro atoms. The second-order valence-corrected chi connectivity index (χ2v) is 8.00. The molecule has 0 aliphatic rings. The molecule has 6 heteroatoms. The predicted molar refractivity (Wildman–Crippen MR) is 105 cm³/mol. The molecular formula is C21H17N3O2S. The first-order valence-electron chi connectivity index (χ1n) is 8.44. The van der Waals surface area contributed by atoms with Gasteiger partial charge in [-0.3, -0.25) is 0 Å². The van der Waals surface area contributed by atoms with Crippen molar-refractivity contribution in [1.29, 1.82) is 0 Å². The van der Waals surface area contributed by atoms with E-state index in [9.17, 15) is 8.42 Å². The highest BCUT2D eigenvalue weighted by Crippen LogP contribution is 2.22. The molecular weight excluding hydrogens is 358 g/mol. The van der Waals surface area contributed by atoms with Gasteiger partial charge in [0.2, 0.25) is 0 Å². The molecule has 0 saturated carbocycles. The van der Waals surface area contributed by atoms with Crippen LogP contribution in [0.3, 0.4) is 0 Å². The number of rotatable bonds is 4. The highest BCUT2D eigenvalue weighted by atomic mass is 32.2. The van der Waals surface area contributed by atoms with Gasteiger partial charge in [-0.15, -0.1) is 9.19 Å². The van der Waals surface area contributed by atoms with Crippen molar-refractivity contribution in [2.24, 2.45) is 0 Å². The first-order valence-corrected chi connectivity index (χ1v) is 9.88. The largest absolute Gasteiger partial charge is 0.284 e. The molecule has 4 aromatic rings. The first-order chi connectivity index (χ1) is 13.0. The van der Waals surface area contributed by atoms with E-state index in [2.05, 4.69) is 10.1 Å². The van der Waals surface area contributed by atoms with Crippen LogP contribution in [0.5, 0.6) is 0 Å². The molecule has 0 bridgehead atoms. The zero-order valence-electron chi connectivity index (χ0n) is 14.6. The van der Waals surface area contributed by atoms with Gasteiger partial charge in [0, 0.05) is 5.56 Å². The van der Waals surface area contributed by atoms with Gasteiger partial charge in [0.1, 0.15) is 6.33 Å². The monoisotopic (exact) mass is 375 g/mol. The summed E-state index contributed by atoms with van der Waals surface area (Å²) < 4.78 is 26.6. The Morgan fingerprint density at radius 1 is 0.741 bits per heavy atom. The van der Waals surface area contributed by atoms with Crippen LogP contribution >= 0.6 is 0 Å². The zero-order chi connectivity index (χ0) is 18.9. The van der Waals surface area contributed by atoms with Crippen LogP contribution in [-0.2, 0) is 10.0 Å². The van der Waals surface area contributed by atoms with Crippen molar-refractivity contribution >= 4 is 10.0 Å². The molecule has 0 aliphatic carbocycles. The number of aryl methyl sites for hydroxylation is 1. The normalized spacial score (nSPS) is 11.4. The summed E-state index contributed by atoms with van der Waals surface area (Å²) in [6.07, 6.45) is 1.23. The van der Waals surface area contributed by atoms with E-state index in [0.717, 1.165) is 26.3 Å². The Labute approximate surface area is 158 Å². The number of hydrogen-bond acceptors (Lipinski definition) is 4. The van der Waals surface area contributed by atoms with E-state index in [1.165, 1.54) is 6.33 Å². The molecule has 0 atom stereocenters. The van der Waals surface area contributed by atoms with Gasteiger partial charge in [-0.1, -0.05) is 72.3 Å². The van der Waals surface area contributed by atoms with Crippen molar-refractivity contribution in [3.05, 3.63) is 90.8 Å². The zero-order valence-corrected chi connectivity index (χ0v) is 15.5. The molecule has 0 amide bonds. The van der Waals surface area contributed by atoms with Gasteiger partial charge in [0.15, 0.2) is 5.82 Å². The maximum atomic E-state index is 12.8. The van der Waals surface area contributed by atoms with Gasteiger partial charge >= 0.3 is 0 Å². The van der Waals surface area contributed by atoms with E-state index in [4.69, 9.17) is 0 Å². The van der Waals surface area contributed by atoms with Crippen molar-refractivity contribution in [1.82, 2.24) is 14.2 Å². The van der Waals surface area contributed by atoms with E-state index in [-0.39, 0.29) is 4.90 Å². The SMILES string of the molecule is Cc1ccc(-c2ncn(S(=O)(=O)c3ccc(-c4ccccc4)cc3)n2)cc1. The quantitative estimate of drug-likeness (QED) is 0.537. The summed E-state index contributed by atoms with van der Waals surface area (Å²) in [5.41, 5.74) is 3.87. The fraction of sp³-hybridized carbons (Fsp3) is 0.0476. The Morgan fingerprint density at radius 3 is 2.00 bits per heavy atom. The smallest absolute Gasteiger partial charge is 0.214 e. The summed E-state index contributed by atoms with van der Waals surface area (Å²) >= 11 is 0. The van der Waals surface area contributed by atoms with E-state index in [1.54, 1.807) is 24.3 Å². The minimum Gasteiger partial charge on any atom is -0.214 e. The molecule has 27 heavy (non-hydrogen) atoms. The molecule has 0 N–H and O–H groups in total. The molecule has 1 aromatic heterocycles. The Kier molecular flexibility index (Phi) is 4.33. The molecule has 0 saturated heterocycles. The van der Waals surface area contributed by atoms with Gasteiger partial charge in [0.05, 0.1) is 4.90 Å². The van der Waals surface area contributed by atoms with Crippen molar-refractivity contribution in [3.8, 4) is 22.5 Å². The van der Waals surface area contributed by atoms with Crippen LogP contribution in [0, 0.1) is 6.92 Å². The van der Waals surface area contributed by atoms with Gasteiger partial charge in [0.25, 0.3) is 10.0 Å². The lowest BCUT2D eigenvalue weighted by Crippen LogP contribution is -2.13. The molecule has 1 heterocycles. The Morgan fingerprint density at radius 2 is 1.33 bits per heavy atom. The number of nitrogens with zero attached hydrogens (tertiary/aromatic N) is 3. The third-order valence-electron chi connectivity index (χ3n) is 4.29. The minimum absolute atomic E-state index is 0.169. The first kappa shape index (κ1) is 17.2. The fourth-order valence-electron chi connectivity index (χ4n) is 2.76. The molecule has 0 aliphatic heterocycles. The van der Waals surface area contributed by atoms with Crippen molar-refractivity contribution in [3.63, 3.8) is 0 Å². The van der Waals surface area contributed by atoms with E-state index >= 15 is 0 Å². The van der Waals surface area contributed by atoms with Crippen LogP contribution in [0.2, 0.25) is 0 Å². The second-order valence-electron chi connectivity index (χ2n) is 6.20. The van der Waals surface area contributed by atoms with Gasteiger partial charge in [-0.25, -0.2) is 4.98 Å². The highest BCUT2D eigenvalue weighted by Gasteiger charge is 2.19. The fourth-order valence-corrected chi connectivity index (χ4v) is 3.81. The summed E-state index contributed by atoms with van der Waals surface area (Å²) in [7, 11) is -3.79. The highest BCUT2D eigenvalue weighted by molar-refractivity contribution is 7.89. The Bertz CT molecular complexity index is 1160. The number of aromatic nitrogens is 3. The Balaban J connectivity index is 1.65. The molecule has 4 rings (SSSR count). The molecule has 5 nitrogen and oxygen atoms in total. The predicted octanol–water partition coefficient (Wildman–Crippen LogP) is 4.16. The third kappa shape index (κ3) is 3.39. The average Bonchev–Trinajstić information content (AvgIpc) is 3.20. The molecule has 0 radical (unpaired) electrons. The topological polar surface area (TPSA) is 64.8 Å². The van der Waals surface area contributed by atoms with Crippen LogP contribution in [0.15, 0.2) is 90.1 Å². The van der Waals surface area contributed by atoms with E-state index < -0.39 is 10.0 Å². The van der Waals surface area contributed by atoms with Crippen LogP contribution < -0.4 is 0 Å². The van der Waals surface area contributed by atoms with Crippen molar-refractivity contribution < 1.29 is 8.42 Å². The summed E-state index contributed by atoms with van der Waals surface area (Å²) in [6, 6.07) is 24.2. The second kappa shape index (κ2) is 6.81. The van der Waals surface area contributed by atoms with Crippen LogP contribution in [0.25, 0.3) is 22.5 Å². The molecule has 3 aromatic carbocycles. The lowest BCUT2D eigenvalue weighted by Gasteiger charge is -2.06. The molecule has 0 unspecified atom stereocenters. The van der Waals surface area contributed by atoms with Gasteiger partial charge in [-0.2, -0.15) is 8.42 Å². The summed E-state index contributed by atoms with van der Waals surface area (Å²) in [5.74, 6) is 0.375. The van der Waals surface area contributed by atoms with Crippen LogP contribution in [0.4, 0.5) is 0 Å². The van der Waals surface area contributed by atoms with Crippen LogP contribution in [0.1, 0.15) is 5.56 Å². The minimum atomic E-state index is -3.79. The Hall–Kier alpha value is -3.25. The van der Waals surface area contributed by atoms with Gasteiger partial charge < -0.3 is 0 Å². The van der Waals surface area contributed by atoms with E-state index in [1.807, 2.05) is 61.5 Å². The lowest BCUT2D eigenvalue weighted by atomic mass is 10.1. The molecule has 0 fully saturated rings. The summed E-state index contributed by atoms with van der Waals surface area (Å²) in [4.78, 5) is 4.31. The lowest BCUT2D eigenvalue weighted by molar-refractivity contribution is 0.580. The summed E-state index contributed by atoms with van der Waals surface area (Å²) in [5, 5.41) is 4.16.